The molecule has 9 heteroatoms. The van der Waals surface area contributed by atoms with E-state index in [4.69, 9.17) is 5.73 Å². The average molecular weight is 506 g/mol. The Kier molecular flexibility index (Phi) is 11.2. The van der Waals surface area contributed by atoms with Crippen molar-refractivity contribution < 1.29 is 28.0 Å². The third-order valence-electron chi connectivity index (χ3n) is 6.72. The summed E-state index contributed by atoms with van der Waals surface area (Å²) in [5.41, 5.74) is 5.78. The van der Waals surface area contributed by atoms with Crippen LogP contribution in [0, 0.1) is 23.6 Å². The van der Waals surface area contributed by atoms with Gasteiger partial charge in [0.25, 0.3) is 0 Å². The lowest BCUT2D eigenvalue weighted by Gasteiger charge is -2.30. The molecule has 1 saturated heterocycles. The molecular formula is C27H37F2N3O4. The first-order valence-electron chi connectivity index (χ1n) is 12.4. The van der Waals surface area contributed by atoms with Crippen LogP contribution < -0.4 is 11.1 Å². The number of amides is 1. The Hall–Kier alpha value is -3.10. The summed E-state index contributed by atoms with van der Waals surface area (Å²) in [6.45, 7) is 6.89. The van der Waals surface area contributed by atoms with Crippen LogP contribution >= 0.6 is 0 Å². The minimum Gasteiger partial charge on any atom is -0.386 e. The van der Waals surface area contributed by atoms with Crippen LogP contribution in [0.15, 0.2) is 36.7 Å². The number of hydrogen-bond acceptors (Lipinski definition) is 6. The number of Topliss-reactive ketones (excluding diaryl/α,β-unsaturated/α-hetero) is 3. The Morgan fingerprint density at radius 1 is 1.17 bits per heavy atom. The molecule has 1 aliphatic rings. The Morgan fingerprint density at radius 2 is 1.83 bits per heavy atom. The van der Waals surface area contributed by atoms with Crippen molar-refractivity contribution in [3.63, 3.8) is 0 Å². The third kappa shape index (κ3) is 8.24. The molecule has 0 radical (unpaired) electrons. The molecule has 0 bridgehead atoms. The fraction of sp³-hybridized carbons (Fsp3) is 0.556. The van der Waals surface area contributed by atoms with Crippen LogP contribution in [0.3, 0.4) is 0 Å². The topological polar surface area (TPSA) is 110 Å². The van der Waals surface area contributed by atoms with E-state index < -0.39 is 36.2 Å². The van der Waals surface area contributed by atoms with Gasteiger partial charge < -0.3 is 16.0 Å². The van der Waals surface area contributed by atoms with Gasteiger partial charge >= 0.3 is 0 Å². The summed E-state index contributed by atoms with van der Waals surface area (Å²) in [4.78, 5) is 53.1. The Morgan fingerprint density at radius 3 is 2.42 bits per heavy atom. The van der Waals surface area contributed by atoms with E-state index in [1.807, 2.05) is 13.8 Å². The molecule has 7 nitrogen and oxygen atoms in total. The van der Waals surface area contributed by atoms with E-state index in [9.17, 15) is 28.0 Å². The first-order chi connectivity index (χ1) is 17.0. The molecule has 0 unspecified atom stereocenters. The van der Waals surface area contributed by atoms with Crippen molar-refractivity contribution in [1.29, 1.82) is 0 Å². The molecule has 0 aliphatic carbocycles. The van der Waals surface area contributed by atoms with Gasteiger partial charge in [0, 0.05) is 43.3 Å². The number of hydrogen-bond donors (Lipinski definition) is 2. The smallest absolute Gasteiger partial charge is 0.227 e. The van der Waals surface area contributed by atoms with Crippen molar-refractivity contribution in [2.24, 2.45) is 23.5 Å². The van der Waals surface area contributed by atoms with Crippen LogP contribution in [-0.4, -0.2) is 54.0 Å². The highest BCUT2D eigenvalue weighted by molar-refractivity contribution is 5.99. The zero-order valence-electron chi connectivity index (χ0n) is 21.1. The van der Waals surface area contributed by atoms with E-state index in [2.05, 4.69) is 11.9 Å². The van der Waals surface area contributed by atoms with Crippen LogP contribution in [0.4, 0.5) is 8.78 Å². The maximum absolute atomic E-state index is 13.5. The lowest BCUT2D eigenvalue weighted by atomic mass is 9.86. The molecule has 2 rings (SSSR count). The van der Waals surface area contributed by atoms with Crippen molar-refractivity contribution in [3.8, 4) is 0 Å². The number of nitrogens with zero attached hydrogens (tertiary/aromatic N) is 1. The van der Waals surface area contributed by atoms with Gasteiger partial charge in [0.05, 0.1) is 11.9 Å². The third-order valence-corrected chi connectivity index (χ3v) is 6.72. The van der Waals surface area contributed by atoms with Crippen molar-refractivity contribution in [2.75, 3.05) is 19.8 Å². The van der Waals surface area contributed by atoms with Gasteiger partial charge in [-0.2, -0.15) is 0 Å². The largest absolute Gasteiger partial charge is 0.386 e. The van der Waals surface area contributed by atoms with E-state index in [0.29, 0.717) is 44.3 Å². The van der Waals surface area contributed by atoms with Crippen molar-refractivity contribution in [2.45, 2.75) is 58.4 Å². The highest BCUT2D eigenvalue weighted by Gasteiger charge is 2.39. The number of rotatable bonds is 15. The number of alkyl halides is 1. The number of halogens is 2. The predicted octanol–water partition coefficient (Wildman–Crippen LogP) is 3.58. The summed E-state index contributed by atoms with van der Waals surface area (Å²) in [7, 11) is 0. The molecule has 1 aliphatic heterocycles. The molecule has 0 saturated carbocycles. The van der Waals surface area contributed by atoms with E-state index in [1.54, 1.807) is 0 Å². The summed E-state index contributed by atoms with van der Waals surface area (Å²) in [5, 5.41) is 2.84. The normalized spacial score (nSPS) is 17.0. The SMILES string of the molecule is C=C(N)NCCC[C@H](CC(=O)[C@@H]1CCCN1C(=O)[C@@H](CC(=O)c1ccc(F)cc1)C(C)C)C(=O)CF. The van der Waals surface area contributed by atoms with Gasteiger partial charge in [-0.3, -0.25) is 19.2 Å². The maximum atomic E-state index is 13.5. The zero-order chi connectivity index (χ0) is 26.8. The number of carbonyl (C=O) groups is 4. The van der Waals surface area contributed by atoms with Crippen molar-refractivity contribution in [3.05, 3.63) is 48.0 Å². The molecule has 1 heterocycles. The van der Waals surface area contributed by atoms with E-state index in [1.165, 1.54) is 29.2 Å². The molecule has 36 heavy (non-hydrogen) atoms. The van der Waals surface area contributed by atoms with Crippen LogP contribution in [-0.2, 0) is 14.4 Å². The lowest BCUT2D eigenvalue weighted by Crippen LogP contribution is -2.45. The lowest BCUT2D eigenvalue weighted by molar-refractivity contribution is -0.142. The predicted molar refractivity (Wildman–Crippen MR) is 133 cm³/mol. The summed E-state index contributed by atoms with van der Waals surface area (Å²) in [6.07, 6.45) is 1.73. The molecule has 0 spiro atoms. The first kappa shape index (κ1) is 29.1. The fourth-order valence-electron chi connectivity index (χ4n) is 4.60. The number of likely N-dealkylation sites (tertiary alicyclic amines) is 1. The second-order valence-corrected chi connectivity index (χ2v) is 9.74. The van der Waals surface area contributed by atoms with Gasteiger partial charge in [0.15, 0.2) is 17.3 Å². The molecule has 198 valence electrons. The van der Waals surface area contributed by atoms with Crippen LogP contribution in [0.5, 0.6) is 0 Å². The highest BCUT2D eigenvalue weighted by atomic mass is 19.1. The van der Waals surface area contributed by atoms with Crippen LogP contribution in [0.2, 0.25) is 0 Å². The Balaban J connectivity index is 2.08. The van der Waals surface area contributed by atoms with Gasteiger partial charge in [0.1, 0.15) is 12.5 Å². The second-order valence-electron chi connectivity index (χ2n) is 9.74. The molecule has 1 fully saturated rings. The van der Waals surface area contributed by atoms with E-state index >= 15 is 0 Å². The Bertz CT molecular complexity index is 949. The molecule has 3 atom stereocenters. The van der Waals surface area contributed by atoms with Gasteiger partial charge in [-0.1, -0.05) is 20.4 Å². The second kappa shape index (κ2) is 13.8. The number of nitrogens with one attached hydrogen (secondary N) is 1. The highest BCUT2D eigenvalue weighted by Crippen LogP contribution is 2.28. The number of benzene rings is 1. The number of carbonyl (C=O) groups excluding carboxylic acids is 4. The van der Waals surface area contributed by atoms with Gasteiger partial charge in [-0.15, -0.1) is 0 Å². The minimum atomic E-state index is -1.15. The molecule has 1 aromatic rings. The van der Waals surface area contributed by atoms with Crippen molar-refractivity contribution >= 4 is 23.3 Å². The van der Waals surface area contributed by atoms with Gasteiger partial charge in [0.2, 0.25) is 5.91 Å². The number of ketones is 3. The average Bonchev–Trinajstić information content (AvgIpc) is 3.33. The summed E-state index contributed by atoms with van der Waals surface area (Å²) in [5.74, 6) is -3.19. The van der Waals surface area contributed by atoms with Crippen LogP contribution in [0.25, 0.3) is 0 Å². The van der Waals surface area contributed by atoms with Gasteiger partial charge in [-0.05, 0) is 55.9 Å². The molecule has 1 amide bonds. The van der Waals surface area contributed by atoms with E-state index in [0.717, 1.165) is 0 Å². The molecule has 1 aromatic carbocycles. The summed E-state index contributed by atoms with van der Waals surface area (Å²) >= 11 is 0. The quantitative estimate of drug-likeness (QED) is 0.279. The molecule has 0 aromatic heterocycles. The van der Waals surface area contributed by atoms with Gasteiger partial charge in [-0.25, -0.2) is 8.78 Å². The standard InChI is InChI=1S/C27H37F2N3O4/c1-17(2)22(15-24(33)19-8-10-21(29)11-9-19)27(36)32-13-5-7-23(32)25(34)14-20(26(35)16-28)6-4-12-31-18(3)30/h8-11,17,20,22-23,31H,3-7,12-16,30H2,1-2H3/t20-,22+,23+/m1/s1. The summed E-state index contributed by atoms with van der Waals surface area (Å²) < 4.78 is 26.4. The fourth-order valence-corrected chi connectivity index (χ4v) is 4.60. The van der Waals surface area contributed by atoms with Crippen molar-refractivity contribution in [1.82, 2.24) is 10.2 Å². The number of nitrogens with two attached hydrogens (primary N) is 1. The van der Waals surface area contributed by atoms with Crippen LogP contribution in [0.1, 0.15) is 62.7 Å². The minimum absolute atomic E-state index is 0.0536. The molecule has 3 N–H and O–H groups in total. The molecular weight excluding hydrogens is 468 g/mol. The Labute approximate surface area is 211 Å². The maximum Gasteiger partial charge on any atom is 0.227 e. The first-order valence-corrected chi connectivity index (χ1v) is 12.4. The van der Waals surface area contributed by atoms with E-state index in [-0.39, 0.29) is 42.1 Å². The summed E-state index contributed by atoms with van der Waals surface area (Å²) in [6, 6.07) is 4.49. The monoisotopic (exact) mass is 505 g/mol. The zero-order valence-corrected chi connectivity index (χ0v) is 21.1.